The number of aryl methyl sites for hydroxylation is 1. The number of phenolic OH excluding ortho intramolecular Hbond substituents is 1. The summed E-state index contributed by atoms with van der Waals surface area (Å²) < 4.78 is 5.15. The first-order valence-corrected chi connectivity index (χ1v) is 7.26. The molecular formula is C18H23NO2. The number of nitrogens with one attached hydrogen (secondary N) is 1. The van der Waals surface area contributed by atoms with Crippen LogP contribution >= 0.6 is 0 Å². The van der Waals surface area contributed by atoms with Crippen LogP contribution in [0.15, 0.2) is 42.5 Å². The second-order valence-corrected chi connectivity index (χ2v) is 5.34. The molecule has 2 N–H and O–H groups in total. The highest BCUT2D eigenvalue weighted by atomic mass is 16.5. The molecule has 21 heavy (non-hydrogen) atoms. The summed E-state index contributed by atoms with van der Waals surface area (Å²) in [4.78, 5) is 0. The highest BCUT2D eigenvalue weighted by Crippen LogP contribution is 2.24. The van der Waals surface area contributed by atoms with E-state index in [1.165, 1.54) is 5.56 Å². The molecule has 0 aromatic heterocycles. The summed E-state index contributed by atoms with van der Waals surface area (Å²) in [5, 5.41) is 13.4. The monoisotopic (exact) mass is 285 g/mol. The second-order valence-electron chi connectivity index (χ2n) is 5.34. The molecule has 3 nitrogen and oxygen atoms in total. The van der Waals surface area contributed by atoms with E-state index in [0.717, 1.165) is 29.8 Å². The van der Waals surface area contributed by atoms with Gasteiger partial charge >= 0.3 is 0 Å². The topological polar surface area (TPSA) is 41.5 Å². The number of benzene rings is 2. The SMILES string of the molecule is COc1ccc(CCNC(C)c2cc(C)ccc2O)cc1. The molecule has 0 aliphatic rings. The zero-order valence-electron chi connectivity index (χ0n) is 12.9. The van der Waals surface area contributed by atoms with Crippen molar-refractivity contribution in [3.63, 3.8) is 0 Å². The highest BCUT2D eigenvalue weighted by Gasteiger charge is 2.09. The van der Waals surface area contributed by atoms with Crippen LogP contribution < -0.4 is 10.1 Å². The molecule has 0 bridgehead atoms. The van der Waals surface area contributed by atoms with Crippen LogP contribution in [-0.4, -0.2) is 18.8 Å². The fourth-order valence-electron chi connectivity index (χ4n) is 2.36. The van der Waals surface area contributed by atoms with Crippen molar-refractivity contribution in [2.75, 3.05) is 13.7 Å². The first-order chi connectivity index (χ1) is 10.1. The lowest BCUT2D eigenvalue weighted by Gasteiger charge is -2.16. The van der Waals surface area contributed by atoms with Gasteiger partial charge < -0.3 is 15.2 Å². The molecule has 0 radical (unpaired) electrons. The van der Waals surface area contributed by atoms with Crippen molar-refractivity contribution in [2.45, 2.75) is 26.3 Å². The molecule has 0 saturated heterocycles. The molecule has 0 spiro atoms. The zero-order valence-corrected chi connectivity index (χ0v) is 12.9. The maximum Gasteiger partial charge on any atom is 0.120 e. The average Bonchev–Trinajstić information content (AvgIpc) is 2.50. The van der Waals surface area contributed by atoms with Crippen molar-refractivity contribution < 1.29 is 9.84 Å². The van der Waals surface area contributed by atoms with Gasteiger partial charge in [0, 0.05) is 11.6 Å². The van der Waals surface area contributed by atoms with Gasteiger partial charge in [0.25, 0.3) is 0 Å². The Bertz CT molecular complexity index is 578. The lowest BCUT2D eigenvalue weighted by molar-refractivity contribution is 0.414. The van der Waals surface area contributed by atoms with Gasteiger partial charge in [0.05, 0.1) is 7.11 Å². The molecule has 0 aliphatic heterocycles. The molecule has 1 unspecified atom stereocenters. The summed E-state index contributed by atoms with van der Waals surface area (Å²) in [5.41, 5.74) is 3.38. The van der Waals surface area contributed by atoms with Gasteiger partial charge in [-0.1, -0.05) is 29.8 Å². The molecule has 112 valence electrons. The lowest BCUT2D eigenvalue weighted by Crippen LogP contribution is -2.21. The van der Waals surface area contributed by atoms with Crippen molar-refractivity contribution in [3.8, 4) is 11.5 Å². The Morgan fingerprint density at radius 1 is 1.14 bits per heavy atom. The largest absolute Gasteiger partial charge is 0.508 e. The number of hydrogen-bond donors (Lipinski definition) is 2. The standard InChI is InChI=1S/C18H23NO2/c1-13-4-9-18(20)17(12-13)14(2)19-11-10-15-5-7-16(21-3)8-6-15/h4-9,12,14,19-20H,10-11H2,1-3H3. The first-order valence-electron chi connectivity index (χ1n) is 7.26. The minimum Gasteiger partial charge on any atom is -0.508 e. The van der Waals surface area contributed by atoms with Crippen molar-refractivity contribution in [2.24, 2.45) is 0 Å². The fourth-order valence-corrected chi connectivity index (χ4v) is 2.36. The van der Waals surface area contributed by atoms with E-state index in [1.54, 1.807) is 13.2 Å². The molecule has 0 fully saturated rings. The third-order valence-corrected chi connectivity index (χ3v) is 3.67. The van der Waals surface area contributed by atoms with Crippen molar-refractivity contribution in [1.82, 2.24) is 5.32 Å². The number of rotatable bonds is 6. The molecule has 0 amide bonds. The lowest BCUT2D eigenvalue weighted by atomic mass is 10.0. The second kappa shape index (κ2) is 7.14. The van der Waals surface area contributed by atoms with E-state index in [1.807, 2.05) is 31.2 Å². The summed E-state index contributed by atoms with van der Waals surface area (Å²) in [7, 11) is 1.67. The van der Waals surface area contributed by atoms with Gasteiger partial charge in [-0.25, -0.2) is 0 Å². The maximum atomic E-state index is 9.93. The highest BCUT2D eigenvalue weighted by molar-refractivity contribution is 5.37. The molecule has 3 heteroatoms. The maximum absolute atomic E-state index is 9.93. The van der Waals surface area contributed by atoms with Crippen LogP contribution in [0.1, 0.15) is 29.7 Å². The van der Waals surface area contributed by atoms with Gasteiger partial charge in [-0.15, -0.1) is 0 Å². The predicted octanol–water partition coefficient (Wildman–Crippen LogP) is 3.60. The number of ether oxygens (including phenoxy) is 1. The number of aromatic hydroxyl groups is 1. The molecule has 2 rings (SSSR count). The summed E-state index contributed by atoms with van der Waals surface area (Å²) in [6, 6.07) is 13.9. The Kier molecular flexibility index (Phi) is 5.23. The van der Waals surface area contributed by atoms with Gasteiger partial charge in [-0.2, -0.15) is 0 Å². The van der Waals surface area contributed by atoms with Gasteiger partial charge in [-0.3, -0.25) is 0 Å². The molecular weight excluding hydrogens is 262 g/mol. The molecule has 2 aromatic carbocycles. The third-order valence-electron chi connectivity index (χ3n) is 3.67. The van der Waals surface area contributed by atoms with E-state index in [0.29, 0.717) is 5.75 Å². The van der Waals surface area contributed by atoms with Crippen LogP contribution in [0.25, 0.3) is 0 Å². The van der Waals surface area contributed by atoms with Crippen molar-refractivity contribution in [1.29, 1.82) is 0 Å². The van der Waals surface area contributed by atoms with Crippen LogP contribution in [0.5, 0.6) is 11.5 Å². The van der Waals surface area contributed by atoms with E-state index in [2.05, 4.69) is 24.4 Å². The van der Waals surface area contributed by atoms with E-state index in [-0.39, 0.29) is 6.04 Å². The summed E-state index contributed by atoms with van der Waals surface area (Å²) in [5.74, 6) is 1.23. The molecule has 0 heterocycles. The van der Waals surface area contributed by atoms with Gasteiger partial charge in [-0.05, 0) is 50.6 Å². The smallest absolute Gasteiger partial charge is 0.120 e. The Morgan fingerprint density at radius 2 is 1.86 bits per heavy atom. The van der Waals surface area contributed by atoms with Crippen molar-refractivity contribution in [3.05, 3.63) is 59.2 Å². The number of phenols is 1. The average molecular weight is 285 g/mol. The Balaban J connectivity index is 1.88. The summed E-state index contributed by atoms with van der Waals surface area (Å²) in [6.45, 7) is 4.97. The van der Waals surface area contributed by atoms with E-state index in [4.69, 9.17) is 4.74 Å². The Labute approximate surface area is 126 Å². The fraction of sp³-hybridized carbons (Fsp3) is 0.333. The zero-order chi connectivity index (χ0) is 15.2. The van der Waals surface area contributed by atoms with Gasteiger partial charge in [0.1, 0.15) is 11.5 Å². The van der Waals surface area contributed by atoms with Crippen LogP contribution in [0.3, 0.4) is 0 Å². The number of hydrogen-bond acceptors (Lipinski definition) is 3. The van der Waals surface area contributed by atoms with E-state index < -0.39 is 0 Å². The van der Waals surface area contributed by atoms with Crippen LogP contribution in [0.2, 0.25) is 0 Å². The normalized spacial score (nSPS) is 12.1. The molecule has 0 saturated carbocycles. The molecule has 0 aliphatic carbocycles. The minimum atomic E-state index is 0.128. The molecule has 1 atom stereocenters. The van der Waals surface area contributed by atoms with Crippen molar-refractivity contribution >= 4 is 0 Å². The Morgan fingerprint density at radius 3 is 2.52 bits per heavy atom. The van der Waals surface area contributed by atoms with Gasteiger partial charge in [0.15, 0.2) is 0 Å². The third kappa shape index (κ3) is 4.23. The first kappa shape index (κ1) is 15.4. The van der Waals surface area contributed by atoms with Crippen LogP contribution in [-0.2, 0) is 6.42 Å². The van der Waals surface area contributed by atoms with Crippen LogP contribution in [0, 0.1) is 6.92 Å². The summed E-state index contributed by atoms with van der Waals surface area (Å²) >= 11 is 0. The van der Waals surface area contributed by atoms with E-state index in [9.17, 15) is 5.11 Å². The quantitative estimate of drug-likeness (QED) is 0.852. The Hall–Kier alpha value is -2.00. The minimum absolute atomic E-state index is 0.128. The van der Waals surface area contributed by atoms with Gasteiger partial charge in [0.2, 0.25) is 0 Å². The van der Waals surface area contributed by atoms with Crippen LogP contribution in [0.4, 0.5) is 0 Å². The molecule has 2 aromatic rings. The summed E-state index contributed by atoms with van der Waals surface area (Å²) in [6.07, 6.45) is 0.945. The van der Waals surface area contributed by atoms with E-state index >= 15 is 0 Å². The predicted molar refractivity (Wildman–Crippen MR) is 86.0 cm³/mol. The number of methoxy groups -OCH3 is 1.